The zero-order valence-electron chi connectivity index (χ0n) is 30.3. The Bertz CT molecular complexity index is 2890. The number of benzene rings is 8. The third-order valence-corrected chi connectivity index (χ3v) is 10.1. The Balaban J connectivity index is 1.07. The van der Waals surface area contributed by atoms with Crippen molar-refractivity contribution in [3.8, 4) is 56.4 Å². The molecule has 0 aliphatic carbocycles. The van der Waals surface area contributed by atoms with Gasteiger partial charge in [-0.3, -0.25) is 0 Å². The van der Waals surface area contributed by atoms with E-state index in [9.17, 15) is 0 Å². The maximum absolute atomic E-state index is 6.68. The maximum atomic E-state index is 6.68. The zero-order valence-corrected chi connectivity index (χ0v) is 30.3. The summed E-state index contributed by atoms with van der Waals surface area (Å²) >= 11 is 0. The van der Waals surface area contributed by atoms with Crippen molar-refractivity contribution >= 4 is 39.0 Å². The summed E-state index contributed by atoms with van der Waals surface area (Å²) in [7, 11) is 0. The highest BCUT2D eigenvalue weighted by Gasteiger charge is 2.18. The molecule has 8 aromatic carbocycles. The second kappa shape index (κ2) is 14.3. The quantitative estimate of drug-likeness (QED) is 0.157. The van der Waals surface area contributed by atoms with E-state index in [2.05, 4.69) is 132 Å². The first-order valence-corrected chi connectivity index (χ1v) is 18.7. The second-order valence-corrected chi connectivity index (χ2v) is 13.7. The summed E-state index contributed by atoms with van der Waals surface area (Å²) in [5.41, 5.74) is 12.0. The second-order valence-electron chi connectivity index (χ2n) is 13.7. The van der Waals surface area contributed by atoms with E-state index in [0.29, 0.717) is 17.5 Å². The van der Waals surface area contributed by atoms with Crippen molar-refractivity contribution in [3.05, 3.63) is 206 Å². The van der Waals surface area contributed by atoms with Gasteiger partial charge in [-0.05, 0) is 70.8 Å². The lowest BCUT2D eigenvalue weighted by Crippen LogP contribution is -2.10. The SMILES string of the molecule is c1ccc(-c2ccc(N(c3cccc(-c4ccccc4)c3)c3ccc4c(c3)oc3cc(-c5nc(-c6ccccc6)nc(-c6ccccc6)n5)ccc34)cc2)cc1. The van der Waals surface area contributed by atoms with E-state index in [4.69, 9.17) is 19.4 Å². The summed E-state index contributed by atoms with van der Waals surface area (Å²) in [6.07, 6.45) is 0. The molecule has 5 nitrogen and oxygen atoms in total. The largest absolute Gasteiger partial charge is 0.456 e. The van der Waals surface area contributed by atoms with Crippen LogP contribution in [0.4, 0.5) is 17.1 Å². The molecule has 2 heterocycles. The molecule has 2 aromatic heterocycles. The number of hydrogen-bond donors (Lipinski definition) is 0. The van der Waals surface area contributed by atoms with Gasteiger partial charge in [-0.2, -0.15) is 0 Å². The topological polar surface area (TPSA) is 55.1 Å². The molecule has 10 aromatic rings. The van der Waals surface area contributed by atoms with Gasteiger partial charge in [0.1, 0.15) is 11.2 Å². The van der Waals surface area contributed by atoms with Gasteiger partial charge >= 0.3 is 0 Å². The lowest BCUT2D eigenvalue weighted by molar-refractivity contribution is 0.669. The highest BCUT2D eigenvalue weighted by atomic mass is 16.3. The van der Waals surface area contributed by atoms with Crippen molar-refractivity contribution in [2.75, 3.05) is 4.90 Å². The fourth-order valence-electron chi connectivity index (χ4n) is 7.32. The summed E-state index contributed by atoms with van der Waals surface area (Å²) in [6.45, 7) is 0. The Kier molecular flexibility index (Phi) is 8.43. The number of aromatic nitrogens is 3. The van der Waals surface area contributed by atoms with Gasteiger partial charge in [0.2, 0.25) is 0 Å². The molecule has 5 heteroatoms. The molecular formula is C51H34N4O. The minimum Gasteiger partial charge on any atom is -0.456 e. The molecule has 0 aliphatic rings. The van der Waals surface area contributed by atoms with Crippen molar-refractivity contribution in [2.45, 2.75) is 0 Å². The summed E-state index contributed by atoms with van der Waals surface area (Å²) < 4.78 is 6.68. The minimum absolute atomic E-state index is 0.587. The van der Waals surface area contributed by atoms with E-state index in [1.54, 1.807) is 0 Å². The lowest BCUT2D eigenvalue weighted by atomic mass is 10.0. The van der Waals surface area contributed by atoms with E-state index in [-0.39, 0.29) is 0 Å². The van der Waals surface area contributed by atoms with Crippen LogP contribution in [-0.4, -0.2) is 15.0 Å². The number of furan rings is 1. The van der Waals surface area contributed by atoms with Gasteiger partial charge in [0.15, 0.2) is 17.5 Å². The van der Waals surface area contributed by atoms with Crippen LogP contribution < -0.4 is 4.90 Å². The normalized spacial score (nSPS) is 11.2. The fraction of sp³-hybridized carbons (Fsp3) is 0. The molecule has 0 saturated heterocycles. The van der Waals surface area contributed by atoms with E-state index in [1.807, 2.05) is 78.9 Å². The number of rotatable bonds is 8. The standard InChI is InChI=1S/C51H34N4O/c1-5-14-35(15-6-1)37-24-27-42(28-25-37)55(43-23-13-22-40(32-43)36-16-7-2-8-17-36)44-29-31-46-45-30-26-41(33-47(45)56-48(46)34-44)51-53-49(38-18-9-3-10-19-38)52-50(54-51)39-20-11-4-12-21-39/h1-34H. The van der Waals surface area contributed by atoms with Gasteiger partial charge in [-0.1, -0.05) is 152 Å². The Morgan fingerprint density at radius 3 is 1.29 bits per heavy atom. The van der Waals surface area contributed by atoms with Crippen molar-refractivity contribution in [1.29, 1.82) is 0 Å². The lowest BCUT2D eigenvalue weighted by Gasteiger charge is -2.26. The van der Waals surface area contributed by atoms with Crippen molar-refractivity contribution in [2.24, 2.45) is 0 Å². The van der Waals surface area contributed by atoms with Gasteiger partial charge in [0.05, 0.1) is 0 Å². The molecular weight excluding hydrogens is 685 g/mol. The van der Waals surface area contributed by atoms with Gasteiger partial charge < -0.3 is 9.32 Å². The Morgan fingerprint density at radius 2 is 0.696 bits per heavy atom. The smallest absolute Gasteiger partial charge is 0.164 e. The van der Waals surface area contributed by atoms with Crippen molar-refractivity contribution in [3.63, 3.8) is 0 Å². The average molecular weight is 719 g/mol. The van der Waals surface area contributed by atoms with Crippen molar-refractivity contribution in [1.82, 2.24) is 15.0 Å². The number of nitrogens with zero attached hydrogens (tertiary/aromatic N) is 4. The van der Waals surface area contributed by atoms with Crippen LogP contribution in [0.2, 0.25) is 0 Å². The van der Waals surface area contributed by atoms with Crippen LogP contribution in [0, 0.1) is 0 Å². The Labute approximate surface area is 324 Å². The van der Waals surface area contributed by atoms with Gasteiger partial charge in [0, 0.05) is 50.6 Å². The van der Waals surface area contributed by atoms with E-state index < -0.39 is 0 Å². The summed E-state index contributed by atoms with van der Waals surface area (Å²) in [6, 6.07) is 71.2. The first-order chi connectivity index (χ1) is 27.7. The van der Waals surface area contributed by atoms with Crippen LogP contribution in [0.5, 0.6) is 0 Å². The molecule has 0 N–H and O–H groups in total. The fourth-order valence-corrected chi connectivity index (χ4v) is 7.32. The molecule has 0 spiro atoms. The first-order valence-electron chi connectivity index (χ1n) is 18.7. The molecule has 0 saturated carbocycles. The van der Waals surface area contributed by atoms with Crippen LogP contribution in [0.25, 0.3) is 78.4 Å². The minimum atomic E-state index is 0.587. The molecule has 264 valence electrons. The van der Waals surface area contributed by atoms with Crippen LogP contribution in [0.1, 0.15) is 0 Å². The third kappa shape index (κ3) is 6.37. The molecule has 0 radical (unpaired) electrons. The van der Waals surface area contributed by atoms with Crippen LogP contribution in [0.15, 0.2) is 211 Å². The molecule has 0 aliphatic heterocycles. The molecule has 56 heavy (non-hydrogen) atoms. The molecule has 0 unspecified atom stereocenters. The van der Waals surface area contributed by atoms with E-state index in [1.165, 1.54) is 16.7 Å². The molecule has 10 rings (SSSR count). The monoisotopic (exact) mass is 718 g/mol. The highest BCUT2D eigenvalue weighted by molar-refractivity contribution is 6.07. The first kappa shape index (κ1) is 33.0. The number of fused-ring (bicyclic) bond motifs is 3. The number of anilines is 3. The van der Waals surface area contributed by atoms with Gasteiger partial charge in [0.25, 0.3) is 0 Å². The Hall–Kier alpha value is -7.63. The predicted octanol–water partition coefficient (Wildman–Crippen LogP) is 13.6. The summed E-state index contributed by atoms with van der Waals surface area (Å²) in [4.78, 5) is 17.1. The predicted molar refractivity (Wildman–Crippen MR) is 229 cm³/mol. The summed E-state index contributed by atoms with van der Waals surface area (Å²) in [5, 5.41) is 2.07. The van der Waals surface area contributed by atoms with Crippen LogP contribution >= 0.6 is 0 Å². The van der Waals surface area contributed by atoms with Crippen LogP contribution in [0.3, 0.4) is 0 Å². The number of hydrogen-bond acceptors (Lipinski definition) is 5. The molecule has 0 bridgehead atoms. The maximum Gasteiger partial charge on any atom is 0.164 e. The van der Waals surface area contributed by atoms with E-state index in [0.717, 1.165) is 61.3 Å². The zero-order chi connectivity index (χ0) is 37.3. The third-order valence-electron chi connectivity index (χ3n) is 10.1. The van der Waals surface area contributed by atoms with Crippen molar-refractivity contribution < 1.29 is 4.42 Å². The molecule has 0 atom stereocenters. The highest BCUT2D eigenvalue weighted by Crippen LogP contribution is 2.41. The van der Waals surface area contributed by atoms with Gasteiger partial charge in [-0.25, -0.2) is 15.0 Å². The van der Waals surface area contributed by atoms with Gasteiger partial charge in [-0.15, -0.1) is 0 Å². The average Bonchev–Trinajstić information content (AvgIpc) is 3.65. The summed E-state index contributed by atoms with van der Waals surface area (Å²) in [5.74, 6) is 1.83. The van der Waals surface area contributed by atoms with Crippen LogP contribution in [-0.2, 0) is 0 Å². The van der Waals surface area contributed by atoms with E-state index >= 15 is 0 Å². The molecule has 0 amide bonds. The molecule has 0 fully saturated rings. The Morgan fingerprint density at radius 1 is 0.286 bits per heavy atom.